The SMILES string of the molecule is C#C/C=C\C1=C(C)C(C)(C)c2cc(-c3ccc(C#N)c4c3oc3c(-c5cc(C)c(F)cn5)cccc34)ccc21. The summed E-state index contributed by atoms with van der Waals surface area (Å²) in [6.45, 7) is 8.31. The summed E-state index contributed by atoms with van der Waals surface area (Å²) in [6.07, 6.45) is 10.5. The molecule has 0 saturated carbocycles. The molecule has 0 spiro atoms. The van der Waals surface area contributed by atoms with Gasteiger partial charge in [-0.25, -0.2) is 4.39 Å². The fourth-order valence-electron chi connectivity index (χ4n) is 5.66. The van der Waals surface area contributed by atoms with Crippen molar-refractivity contribution in [2.75, 3.05) is 0 Å². The summed E-state index contributed by atoms with van der Waals surface area (Å²) >= 11 is 0. The van der Waals surface area contributed by atoms with Gasteiger partial charge in [0.1, 0.15) is 17.0 Å². The highest BCUT2D eigenvalue weighted by atomic mass is 19.1. The highest BCUT2D eigenvalue weighted by molar-refractivity contribution is 6.15. The third-order valence-electron chi connectivity index (χ3n) is 8.07. The Bertz CT molecular complexity index is 1990. The van der Waals surface area contributed by atoms with E-state index in [4.69, 9.17) is 10.8 Å². The Morgan fingerprint density at radius 1 is 1.00 bits per heavy atom. The summed E-state index contributed by atoms with van der Waals surface area (Å²) in [6, 6.07) is 20.1. The van der Waals surface area contributed by atoms with E-state index in [1.54, 1.807) is 19.1 Å². The second-order valence-electron chi connectivity index (χ2n) is 10.5. The first-order valence-corrected chi connectivity index (χ1v) is 12.8. The molecule has 0 N–H and O–H groups in total. The minimum absolute atomic E-state index is 0.168. The van der Waals surface area contributed by atoms with Gasteiger partial charge in [-0.15, -0.1) is 6.42 Å². The normalized spacial score (nSPS) is 14.2. The molecule has 0 saturated heterocycles. The number of aryl methyl sites for hydroxylation is 1. The van der Waals surface area contributed by atoms with E-state index in [1.165, 1.54) is 22.9 Å². The molecule has 0 bridgehead atoms. The van der Waals surface area contributed by atoms with Crippen LogP contribution in [0, 0.1) is 36.4 Å². The lowest BCUT2D eigenvalue weighted by Gasteiger charge is -2.23. The van der Waals surface area contributed by atoms with Crippen molar-refractivity contribution in [3.63, 3.8) is 0 Å². The number of furan rings is 1. The number of halogens is 1. The smallest absolute Gasteiger partial charge is 0.144 e. The van der Waals surface area contributed by atoms with Crippen molar-refractivity contribution in [3.8, 4) is 40.8 Å². The van der Waals surface area contributed by atoms with Crippen LogP contribution in [0.4, 0.5) is 4.39 Å². The number of terminal acetylenes is 1. The zero-order valence-electron chi connectivity index (χ0n) is 22.2. The molecule has 0 aliphatic heterocycles. The molecule has 2 aromatic heterocycles. The van der Waals surface area contributed by atoms with E-state index in [-0.39, 0.29) is 11.2 Å². The molecule has 6 rings (SSSR count). The quantitative estimate of drug-likeness (QED) is 0.229. The molecule has 5 aromatic rings. The Morgan fingerprint density at radius 3 is 2.54 bits per heavy atom. The molecule has 39 heavy (non-hydrogen) atoms. The predicted octanol–water partition coefficient (Wildman–Crippen LogP) is 8.89. The molecule has 3 nitrogen and oxygen atoms in total. The van der Waals surface area contributed by atoms with Crippen molar-refractivity contribution in [2.45, 2.75) is 33.1 Å². The van der Waals surface area contributed by atoms with Crippen LogP contribution < -0.4 is 0 Å². The lowest BCUT2D eigenvalue weighted by molar-refractivity contribution is 0.612. The maximum absolute atomic E-state index is 14.0. The van der Waals surface area contributed by atoms with Crippen molar-refractivity contribution in [1.29, 1.82) is 5.26 Å². The maximum Gasteiger partial charge on any atom is 0.144 e. The number of allylic oxidation sites excluding steroid dienone is 4. The van der Waals surface area contributed by atoms with Crippen LogP contribution in [-0.2, 0) is 5.41 Å². The van der Waals surface area contributed by atoms with Crippen LogP contribution in [0.25, 0.3) is 49.9 Å². The second kappa shape index (κ2) is 8.83. The Kier molecular flexibility index (Phi) is 5.53. The van der Waals surface area contributed by atoms with Gasteiger partial charge >= 0.3 is 0 Å². The van der Waals surface area contributed by atoms with Gasteiger partial charge in [0, 0.05) is 27.3 Å². The van der Waals surface area contributed by atoms with Crippen LogP contribution >= 0.6 is 0 Å². The van der Waals surface area contributed by atoms with E-state index < -0.39 is 0 Å². The van der Waals surface area contributed by atoms with Gasteiger partial charge < -0.3 is 4.42 Å². The molecular weight excluding hydrogens is 483 g/mol. The van der Waals surface area contributed by atoms with Crippen molar-refractivity contribution < 1.29 is 8.81 Å². The maximum atomic E-state index is 14.0. The summed E-state index contributed by atoms with van der Waals surface area (Å²) in [5.74, 6) is 2.24. The lowest BCUT2D eigenvalue weighted by atomic mass is 9.81. The number of hydrogen-bond acceptors (Lipinski definition) is 3. The molecule has 0 radical (unpaired) electrons. The first-order chi connectivity index (χ1) is 18.8. The third kappa shape index (κ3) is 3.61. The summed E-state index contributed by atoms with van der Waals surface area (Å²) in [7, 11) is 0. The molecule has 0 fully saturated rings. The standard InChI is InChI=1S/C35H25FN2O/c1-6-7-9-24-21(3)35(4,5)29-17-22(12-15-26(24)29)25-14-13-23(18-37)32-28-11-8-10-27(33(28)39-34(25)32)31-16-20(2)30(36)19-38-31/h1,7-17,19H,2-5H3/b9-7-. The van der Waals surface area contributed by atoms with Crippen LogP contribution in [0.3, 0.4) is 0 Å². The van der Waals surface area contributed by atoms with Crippen molar-refractivity contribution in [3.05, 3.63) is 107 Å². The van der Waals surface area contributed by atoms with Crippen molar-refractivity contribution >= 4 is 27.5 Å². The van der Waals surface area contributed by atoms with Gasteiger partial charge in [0.25, 0.3) is 0 Å². The zero-order chi connectivity index (χ0) is 27.5. The fraction of sp³-hybridized carbons (Fsp3) is 0.143. The molecule has 3 aromatic carbocycles. The Hall–Kier alpha value is -4.93. The first-order valence-electron chi connectivity index (χ1n) is 12.8. The highest BCUT2D eigenvalue weighted by Gasteiger charge is 2.34. The molecule has 4 heteroatoms. The second-order valence-corrected chi connectivity index (χ2v) is 10.5. The topological polar surface area (TPSA) is 49.8 Å². The van der Waals surface area contributed by atoms with Gasteiger partial charge in [0.15, 0.2) is 0 Å². The Balaban J connectivity index is 1.60. The monoisotopic (exact) mass is 508 g/mol. The van der Waals surface area contributed by atoms with E-state index in [2.05, 4.69) is 55.9 Å². The molecule has 1 aliphatic carbocycles. The number of benzene rings is 3. The minimum Gasteiger partial charge on any atom is -0.455 e. The number of hydrogen-bond donors (Lipinski definition) is 0. The van der Waals surface area contributed by atoms with Crippen LogP contribution in [0.15, 0.2) is 82.9 Å². The first kappa shape index (κ1) is 24.4. The van der Waals surface area contributed by atoms with Gasteiger partial charge in [-0.2, -0.15) is 5.26 Å². The van der Waals surface area contributed by atoms with Crippen LogP contribution in [-0.4, -0.2) is 4.98 Å². The van der Waals surface area contributed by atoms with Crippen LogP contribution in [0.1, 0.15) is 43.0 Å². The molecular formula is C35H25FN2O. The van der Waals surface area contributed by atoms with Gasteiger partial charge in [0.2, 0.25) is 0 Å². The summed E-state index contributed by atoms with van der Waals surface area (Å²) in [5, 5.41) is 11.6. The van der Waals surface area contributed by atoms with E-state index >= 15 is 0 Å². The summed E-state index contributed by atoms with van der Waals surface area (Å²) in [4.78, 5) is 4.32. The number of aromatic nitrogens is 1. The van der Waals surface area contributed by atoms with Gasteiger partial charge in [-0.1, -0.05) is 49.6 Å². The number of nitrogens with zero attached hydrogens (tertiary/aromatic N) is 2. The average molecular weight is 509 g/mol. The van der Waals surface area contributed by atoms with Crippen molar-refractivity contribution in [2.24, 2.45) is 0 Å². The van der Waals surface area contributed by atoms with Gasteiger partial charge in [-0.3, -0.25) is 4.98 Å². The average Bonchev–Trinajstić information content (AvgIpc) is 3.42. The van der Waals surface area contributed by atoms with E-state index in [1.807, 2.05) is 36.4 Å². The van der Waals surface area contributed by atoms with Crippen molar-refractivity contribution in [1.82, 2.24) is 4.98 Å². The number of nitriles is 1. The lowest BCUT2D eigenvalue weighted by Crippen LogP contribution is -2.15. The third-order valence-corrected chi connectivity index (χ3v) is 8.07. The molecule has 0 unspecified atom stereocenters. The largest absolute Gasteiger partial charge is 0.455 e. The fourth-order valence-corrected chi connectivity index (χ4v) is 5.66. The van der Waals surface area contributed by atoms with Crippen LogP contribution in [0.2, 0.25) is 0 Å². The highest BCUT2D eigenvalue weighted by Crippen LogP contribution is 2.48. The molecule has 0 atom stereocenters. The zero-order valence-corrected chi connectivity index (χ0v) is 22.2. The minimum atomic E-state index is -0.355. The number of rotatable bonds is 3. The number of para-hydroxylation sites is 1. The van der Waals surface area contributed by atoms with E-state index in [9.17, 15) is 9.65 Å². The Morgan fingerprint density at radius 2 is 1.79 bits per heavy atom. The molecule has 2 heterocycles. The number of fused-ring (bicyclic) bond motifs is 4. The predicted molar refractivity (Wildman–Crippen MR) is 155 cm³/mol. The molecule has 1 aliphatic rings. The van der Waals surface area contributed by atoms with Gasteiger partial charge in [-0.05, 0) is 84.2 Å². The van der Waals surface area contributed by atoms with Gasteiger partial charge in [0.05, 0.1) is 23.5 Å². The summed E-state index contributed by atoms with van der Waals surface area (Å²) in [5.41, 5.74) is 10.2. The van der Waals surface area contributed by atoms with Crippen LogP contribution in [0.5, 0.6) is 0 Å². The Labute approximate surface area is 226 Å². The molecule has 188 valence electrons. The van der Waals surface area contributed by atoms with E-state index in [0.717, 1.165) is 33.0 Å². The summed E-state index contributed by atoms with van der Waals surface area (Å²) < 4.78 is 20.5. The van der Waals surface area contributed by atoms with E-state index in [0.29, 0.717) is 28.0 Å². The molecule has 0 amide bonds. The number of pyridine rings is 1.